The topological polar surface area (TPSA) is 150 Å². The summed E-state index contributed by atoms with van der Waals surface area (Å²) in [6.45, 7) is 11.7. The van der Waals surface area contributed by atoms with E-state index in [4.69, 9.17) is 24.9 Å². The monoisotopic (exact) mass is 530 g/mol. The molecule has 1 unspecified atom stereocenters. The number of H-pyrrole nitrogens is 1. The van der Waals surface area contributed by atoms with Crippen LogP contribution in [-0.2, 0) is 11.8 Å². The highest BCUT2D eigenvalue weighted by atomic mass is 16.6. The van der Waals surface area contributed by atoms with Gasteiger partial charge >= 0.3 is 6.09 Å². The molecule has 11 nitrogen and oxygen atoms in total. The molecule has 210 valence electrons. The zero-order valence-corrected chi connectivity index (χ0v) is 23.3. The number of hydrogen-bond donors (Lipinski definition) is 4. The number of nitrogens with one attached hydrogen (secondary N) is 2. The van der Waals surface area contributed by atoms with Crippen molar-refractivity contribution in [3.63, 3.8) is 0 Å². The number of hydrogen-bond acceptors (Lipinski definition) is 8. The lowest BCUT2D eigenvalue weighted by molar-refractivity contribution is 0.0143. The minimum atomic E-state index is -1.13. The Kier molecular flexibility index (Phi) is 9.84. The molecule has 0 aliphatic heterocycles. The van der Waals surface area contributed by atoms with Crippen LogP contribution in [0.1, 0.15) is 72.0 Å². The zero-order valence-electron chi connectivity index (χ0n) is 23.3. The van der Waals surface area contributed by atoms with Gasteiger partial charge in [-0.2, -0.15) is 5.10 Å². The molecule has 0 aliphatic carbocycles. The van der Waals surface area contributed by atoms with E-state index >= 15 is 0 Å². The quantitative estimate of drug-likeness (QED) is 0.173. The normalized spacial score (nSPS) is 14.2. The van der Waals surface area contributed by atoms with Gasteiger partial charge < -0.3 is 34.9 Å². The first-order valence-corrected chi connectivity index (χ1v) is 13.2. The minimum absolute atomic E-state index is 0.0719. The molecule has 1 aromatic carbocycles. The van der Waals surface area contributed by atoms with Crippen LogP contribution in [0.15, 0.2) is 24.4 Å². The van der Waals surface area contributed by atoms with Crippen LogP contribution in [-0.4, -0.2) is 56.5 Å². The number of carbonyl (C=O) groups is 1. The Balaban J connectivity index is 1.78. The summed E-state index contributed by atoms with van der Waals surface area (Å²) in [5.74, 6) is 3.14. The van der Waals surface area contributed by atoms with Crippen molar-refractivity contribution in [2.75, 3.05) is 18.5 Å². The van der Waals surface area contributed by atoms with E-state index in [0.29, 0.717) is 31.9 Å². The molecule has 0 bridgehead atoms. The van der Waals surface area contributed by atoms with Gasteiger partial charge in [-0.25, -0.2) is 9.78 Å². The number of aromatic nitrogens is 4. The first-order valence-electron chi connectivity index (χ1n) is 13.2. The fourth-order valence-electron chi connectivity index (χ4n) is 4.80. The third-order valence-electron chi connectivity index (χ3n) is 6.59. The number of aliphatic hydroxyl groups excluding tert-OH is 1. The Morgan fingerprint density at radius 3 is 2.39 bits per heavy atom. The third kappa shape index (κ3) is 7.09. The van der Waals surface area contributed by atoms with E-state index in [1.807, 2.05) is 33.0 Å². The standard InChI is InChI=1S/C27H42N6O5/c1-7-36-18-13-14-19(37-8-2)23-22(18)31-24(33(23)6)17(27(3,4)5)11-9-10-12-20(38-26(28)35)25(34)30-21-15-16-29-32-21/h13-17,20,25,34H,7-12H2,1-6H3,(H2,28,35)(H2,29,30,32)/t17?,20-,25-/m0/s1. The number of ether oxygens (including phenoxy) is 3. The number of primary amides is 1. The molecule has 5 N–H and O–H groups in total. The second-order valence-electron chi connectivity index (χ2n) is 10.4. The van der Waals surface area contributed by atoms with Crippen molar-refractivity contribution in [3.8, 4) is 11.5 Å². The molecular weight excluding hydrogens is 488 g/mol. The number of benzene rings is 1. The maximum atomic E-state index is 11.5. The lowest BCUT2D eigenvalue weighted by Gasteiger charge is -2.30. The van der Waals surface area contributed by atoms with E-state index in [9.17, 15) is 9.90 Å². The number of rotatable bonds is 14. The van der Waals surface area contributed by atoms with Crippen molar-refractivity contribution >= 4 is 22.9 Å². The second-order valence-corrected chi connectivity index (χ2v) is 10.4. The van der Waals surface area contributed by atoms with Crippen molar-refractivity contribution in [2.24, 2.45) is 18.2 Å². The summed E-state index contributed by atoms with van der Waals surface area (Å²) in [5, 5.41) is 20.0. The van der Waals surface area contributed by atoms with Gasteiger partial charge in [-0.1, -0.05) is 27.2 Å². The Labute approximate surface area is 224 Å². The fraction of sp³-hybridized carbons (Fsp3) is 0.593. The number of aryl methyl sites for hydroxylation is 1. The van der Waals surface area contributed by atoms with E-state index in [-0.39, 0.29) is 11.3 Å². The van der Waals surface area contributed by atoms with Gasteiger partial charge in [0.1, 0.15) is 40.3 Å². The van der Waals surface area contributed by atoms with Gasteiger partial charge in [0.25, 0.3) is 0 Å². The Morgan fingerprint density at radius 1 is 1.13 bits per heavy atom. The van der Waals surface area contributed by atoms with Gasteiger partial charge in [-0.15, -0.1) is 0 Å². The number of nitrogens with two attached hydrogens (primary N) is 1. The number of carbonyl (C=O) groups excluding carboxylic acids is 1. The van der Waals surface area contributed by atoms with Crippen LogP contribution in [0.4, 0.5) is 10.6 Å². The van der Waals surface area contributed by atoms with E-state index in [1.165, 1.54) is 0 Å². The molecule has 38 heavy (non-hydrogen) atoms. The predicted octanol–water partition coefficient (Wildman–Crippen LogP) is 4.68. The van der Waals surface area contributed by atoms with Crippen molar-refractivity contribution in [1.82, 2.24) is 19.7 Å². The number of nitrogens with zero attached hydrogens (tertiary/aromatic N) is 3. The fourth-order valence-corrected chi connectivity index (χ4v) is 4.80. The molecule has 0 saturated carbocycles. The first-order chi connectivity index (χ1) is 18.1. The first kappa shape index (κ1) is 29.1. The third-order valence-corrected chi connectivity index (χ3v) is 6.59. The summed E-state index contributed by atoms with van der Waals surface area (Å²) in [6, 6.07) is 5.53. The average Bonchev–Trinajstić information content (AvgIpc) is 3.47. The predicted molar refractivity (Wildman–Crippen MR) is 146 cm³/mol. The number of fused-ring (bicyclic) bond motifs is 1. The molecule has 0 radical (unpaired) electrons. The van der Waals surface area contributed by atoms with Crippen molar-refractivity contribution < 1.29 is 24.1 Å². The number of aliphatic hydroxyl groups is 1. The van der Waals surface area contributed by atoms with Crippen LogP contribution in [0.25, 0.3) is 11.0 Å². The average molecular weight is 531 g/mol. The van der Waals surface area contributed by atoms with Gasteiger partial charge in [0.2, 0.25) is 0 Å². The highest BCUT2D eigenvalue weighted by Gasteiger charge is 2.32. The summed E-state index contributed by atoms with van der Waals surface area (Å²) in [6.07, 6.45) is 1.53. The molecule has 1 amide bonds. The van der Waals surface area contributed by atoms with Gasteiger partial charge in [-0.3, -0.25) is 5.10 Å². The van der Waals surface area contributed by atoms with Crippen molar-refractivity contribution in [1.29, 1.82) is 0 Å². The molecular formula is C27H42N6O5. The van der Waals surface area contributed by atoms with Gasteiger partial charge in [-0.05, 0) is 50.7 Å². The molecule has 0 aliphatic rings. The van der Waals surface area contributed by atoms with Crippen molar-refractivity contribution in [3.05, 3.63) is 30.2 Å². The molecule has 3 atom stereocenters. The minimum Gasteiger partial charge on any atom is -0.492 e. The Hall–Kier alpha value is -3.47. The number of unbranched alkanes of at least 4 members (excludes halogenated alkanes) is 1. The van der Waals surface area contributed by atoms with Crippen molar-refractivity contribution in [2.45, 2.75) is 78.6 Å². The summed E-state index contributed by atoms with van der Waals surface area (Å²) in [4.78, 5) is 16.5. The summed E-state index contributed by atoms with van der Waals surface area (Å²) >= 11 is 0. The van der Waals surface area contributed by atoms with Gasteiger partial charge in [0, 0.05) is 19.0 Å². The van der Waals surface area contributed by atoms with E-state index in [1.54, 1.807) is 12.3 Å². The maximum absolute atomic E-state index is 11.5. The lowest BCUT2D eigenvalue weighted by atomic mass is 9.77. The molecule has 2 heterocycles. The van der Waals surface area contributed by atoms with Crippen LogP contribution in [0.3, 0.4) is 0 Å². The second kappa shape index (κ2) is 12.9. The molecule has 3 rings (SSSR count). The lowest BCUT2D eigenvalue weighted by Crippen LogP contribution is -2.38. The van der Waals surface area contributed by atoms with Crippen LogP contribution >= 0.6 is 0 Å². The number of imidazole rings is 1. The zero-order chi connectivity index (χ0) is 27.9. The molecule has 0 fully saturated rings. The molecule has 11 heteroatoms. The highest BCUT2D eigenvalue weighted by Crippen LogP contribution is 2.42. The number of anilines is 1. The van der Waals surface area contributed by atoms with Crippen LogP contribution in [0.5, 0.6) is 11.5 Å². The molecule has 0 saturated heterocycles. The molecule has 3 aromatic rings. The Morgan fingerprint density at radius 2 is 1.79 bits per heavy atom. The summed E-state index contributed by atoms with van der Waals surface area (Å²) in [7, 11) is 2.02. The molecule has 2 aromatic heterocycles. The summed E-state index contributed by atoms with van der Waals surface area (Å²) in [5.41, 5.74) is 6.91. The Bertz CT molecular complexity index is 1170. The van der Waals surface area contributed by atoms with Crippen LogP contribution in [0, 0.1) is 5.41 Å². The van der Waals surface area contributed by atoms with E-state index in [2.05, 4.69) is 40.9 Å². The molecule has 0 spiro atoms. The SMILES string of the molecule is CCOc1ccc(OCC)c2c1nc(C(CCCC[C@H](OC(N)=O)[C@H](O)Nc1ccn[nH]1)C(C)(C)C)n2C. The van der Waals surface area contributed by atoms with Crippen LogP contribution in [0.2, 0.25) is 0 Å². The van der Waals surface area contributed by atoms with Gasteiger partial charge in [0.15, 0.2) is 6.23 Å². The van der Waals surface area contributed by atoms with E-state index in [0.717, 1.165) is 41.2 Å². The highest BCUT2D eigenvalue weighted by molar-refractivity contribution is 5.88. The van der Waals surface area contributed by atoms with E-state index < -0.39 is 18.4 Å². The summed E-state index contributed by atoms with van der Waals surface area (Å²) < 4.78 is 19.1. The smallest absolute Gasteiger partial charge is 0.404 e. The largest absolute Gasteiger partial charge is 0.492 e. The maximum Gasteiger partial charge on any atom is 0.404 e. The number of amides is 1. The van der Waals surface area contributed by atoms with Crippen LogP contribution < -0.4 is 20.5 Å². The number of aromatic amines is 1. The van der Waals surface area contributed by atoms with Gasteiger partial charge in [0.05, 0.1) is 19.4 Å².